The lowest BCUT2D eigenvalue weighted by atomic mass is 10.0. The molecule has 0 spiro atoms. The summed E-state index contributed by atoms with van der Waals surface area (Å²) >= 11 is 3.18. The van der Waals surface area contributed by atoms with Crippen molar-refractivity contribution in [3.05, 3.63) is 30.0 Å². The summed E-state index contributed by atoms with van der Waals surface area (Å²) in [6.45, 7) is 10.5. The molecule has 0 radical (unpaired) electrons. The van der Waals surface area contributed by atoms with Gasteiger partial charge in [-0.05, 0) is 65.3 Å². The van der Waals surface area contributed by atoms with Crippen LogP contribution in [0.1, 0.15) is 47.1 Å². The fourth-order valence-electron chi connectivity index (χ4n) is 3.05. The zero-order chi connectivity index (χ0) is 24.3. The van der Waals surface area contributed by atoms with E-state index in [1.54, 1.807) is 53.7 Å². The second-order valence-corrected chi connectivity index (χ2v) is 10.1. The van der Waals surface area contributed by atoms with Crippen LogP contribution in [0.25, 0.3) is 10.9 Å². The minimum atomic E-state index is -0.798. The second-order valence-electron chi connectivity index (χ2n) is 9.51. The molecule has 1 heterocycles. The molecule has 0 unspecified atom stereocenters. The van der Waals surface area contributed by atoms with Gasteiger partial charge in [-0.1, -0.05) is 15.9 Å². The number of aryl methyl sites for hydroxylation is 1. The van der Waals surface area contributed by atoms with Crippen LogP contribution < -0.4 is 10.1 Å². The number of alkyl halides is 1. The number of alkyl carbamates (subject to hydrolysis) is 1. The first-order valence-electron chi connectivity index (χ1n) is 10.3. The van der Waals surface area contributed by atoms with Crippen LogP contribution >= 0.6 is 15.9 Å². The standard InChI is InChI=1S/C23H31BrN2O6/c1-22(2,3)31-20(28)25-17(19(27)12-24)10-14-13-26(7)18-9-8-15(11-16(14)18)30-21(29)32-23(4,5)6/h8-9,11,13,17H,10,12H2,1-7H3,(H,25,28)/t17-/m0/s1. The minimum absolute atomic E-state index is 0.0885. The van der Waals surface area contributed by atoms with Crippen molar-refractivity contribution in [1.29, 1.82) is 0 Å². The number of Topliss-reactive ketones (excluding diaryl/α,β-unsaturated/α-hetero) is 1. The minimum Gasteiger partial charge on any atom is -0.444 e. The van der Waals surface area contributed by atoms with Gasteiger partial charge in [-0.25, -0.2) is 9.59 Å². The first kappa shape index (κ1) is 25.7. The molecule has 0 bridgehead atoms. The number of halogens is 1. The highest BCUT2D eigenvalue weighted by atomic mass is 79.9. The highest BCUT2D eigenvalue weighted by molar-refractivity contribution is 9.09. The molecule has 32 heavy (non-hydrogen) atoms. The molecule has 0 saturated carbocycles. The first-order valence-corrected chi connectivity index (χ1v) is 11.4. The normalized spacial score (nSPS) is 12.9. The van der Waals surface area contributed by atoms with E-state index in [4.69, 9.17) is 14.2 Å². The molecule has 0 saturated heterocycles. The maximum absolute atomic E-state index is 12.5. The number of hydrogen-bond donors (Lipinski definition) is 1. The third kappa shape index (κ3) is 7.55. The molecule has 0 aliphatic rings. The highest BCUT2D eigenvalue weighted by Crippen LogP contribution is 2.27. The topological polar surface area (TPSA) is 95.9 Å². The van der Waals surface area contributed by atoms with Gasteiger partial charge in [0.1, 0.15) is 17.0 Å². The van der Waals surface area contributed by atoms with Crippen molar-refractivity contribution < 1.29 is 28.6 Å². The van der Waals surface area contributed by atoms with Gasteiger partial charge in [-0.2, -0.15) is 0 Å². The van der Waals surface area contributed by atoms with Crippen LogP contribution in [0, 0.1) is 0 Å². The molecular weight excluding hydrogens is 480 g/mol. The average Bonchev–Trinajstić information content (AvgIpc) is 2.92. The number of nitrogens with zero attached hydrogens (tertiary/aromatic N) is 1. The Labute approximate surface area is 196 Å². The van der Waals surface area contributed by atoms with Gasteiger partial charge in [0.15, 0.2) is 5.78 Å². The smallest absolute Gasteiger partial charge is 0.444 e. The summed E-state index contributed by atoms with van der Waals surface area (Å²) in [6, 6.07) is 4.43. The van der Waals surface area contributed by atoms with E-state index in [0.29, 0.717) is 5.75 Å². The van der Waals surface area contributed by atoms with Gasteiger partial charge in [0, 0.05) is 30.6 Å². The van der Waals surface area contributed by atoms with E-state index in [2.05, 4.69) is 21.2 Å². The number of ether oxygens (including phenoxy) is 3. The summed E-state index contributed by atoms with van der Waals surface area (Å²) in [4.78, 5) is 36.8. The molecule has 0 aliphatic heterocycles. The fraction of sp³-hybridized carbons (Fsp3) is 0.522. The van der Waals surface area contributed by atoms with Crippen LogP contribution in [0.2, 0.25) is 0 Å². The van der Waals surface area contributed by atoms with Crippen molar-refractivity contribution in [2.24, 2.45) is 7.05 Å². The maximum Gasteiger partial charge on any atom is 0.514 e. The lowest BCUT2D eigenvalue weighted by Gasteiger charge is -2.22. The molecule has 1 atom stereocenters. The van der Waals surface area contributed by atoms with E-state index in [1.807, 2.05) is 23.9 Å². The molecule has 1 aromatic carbocycles. The quantitative estimate of drug-likeness (QED) is 0.337. The fourth-order valence-corrected chi connectivity index (χ4v) is 3.44. The number of benzene rings is 1. The van der Waals surface area contributed by atoms with E-state index < -0.39 is 29.5 Å². The molecule has 2 aromatic rings. The molecule has 1 aromatic heterocycles. The lowest BCUT2D eigenvalue weighted by Crippen LogP contribution is -2.45. The number of rotatable bonds is 6. The summed E-state index contributed by atoms with van der Waals surface area (Å²) in [5.74, 6) is 0.136. The van der Waals surface area contributed by atoms with Crippen LogP contribution in [-0.4, -0.2) is 45.2 Å². The Morgan fingerprint density at radius 2 is 1.69 bits per heavy atom. The molecular formula is C23H31BrN2O6. The highest BCUT2D eigenvalue weighted by Gasteiger charge is 2.25. The van der Waals surface area contributed by atoms with E-state index in [9.17, 15) is 14.4 Å². The summed E-state index contributed by atoms with van der Waals surface area (Å²) in [5.41, 5.74) is 0.348. The van der Waals surface area contributed by atoms with E-state index in [1.165, 1.54) is 0 Å². The van der Waals surface area contributed by atoms with Crippen molar-refractivity contribution in [1.82, 2.24) is 9.88 Å². The van der Waals surface area contributed by atoms with Crippen molar-refractivity contribution in [2.75, 3.05) is 5.33 Å². The number of nitrogens with one attached hydrogen (secondary N) is 1. The summed E-state index contributed by atoms with van der Waals surface area (Å²) < 4.78 is 17.7. The Kier molecular flexibility index (Phi) is 7.98. The van der Waals surface area contributed by atoms with Crippen LogP contribution in [0.15, 0.2) is 24.4 Å². The number of carbonyl (C=O) groups excluding carboxylic acids is 3. The summed E-state index contributed by atoms with van der Waals surface area (Å²) in [7, 11) is 1.88. The molecule has 8 nitrogen and oxygen atoms in total. The monoisotopic (exact) mass is 510 g/mol. The summed E-state index contributed by atoms with van der Waals surface area (Å²) in [5, 5.41) is 3.55. The molecule has 0 aliphatic carbocycles. The Bertz CT molecular complexity index is 1000. The van der Waals surface area contributed by atoms with Crippen LogP contribution in [0.5, 0.6) is 5.75 Å². The number of hydrogen-bond acceptors (Lipinski definition) is 6. The van der Waals surface area contributed by atoms with Gasteiger partial charge in [0.05, 0.1) is 11.4 Å². The SMILES string of the molecule is Cn1cc(C[C@H](NC(=O)OC(C)(C)C)C(=O)CBr)c2cc(OC(=O)OC(C)(C)C)ccc21. The number of fused-ring (bicyclic) bond motifs is 1. The molecule has 1 amide bonds. The van der Waals surface area contributed by atoms with E-state index in [0.717, 1.165) is 16.5 Å². The number of amides is 1. The first-order chi connectivity index (χ1) is 14.7. The molecule has 0 fully saturated rings. The van der Waals surface area contributed by atoms with Gasteiger partial charge in [-0.15, -0.1) is 0 Å². The Morgan fingerprint density at radius 3 is 2.25 bits per heavy atom. The molecule has 9 heteroatoms. The third-order valence-electron chi connectivity index (χ3n) is 4.27. The van der Waals surface area contributed by atoms with Crippen molar-refractivity contribution in [2.45, 2.75) is 65.2 Å². The second kappa shape index (κ2) is 9.94. The largest absolute Gasteiger partial charge is 0.514 e. The van der Waals surface area contributed by atoms with Crippen LogP contribution in [0.3, 0.4) is 0 Å². The van der Waals surface area contributed by atoms with Gasteiger partial charge < -0.3 is 24.1 Å². The molecule has 176 valence electrons. The summed E-state index contributed by atoms with van der Waals surface area (Å²) in [6.07, 6.45) is 0.670. The number of ketones is 1. The van der Waals surface area contributed by atoms with Crippen molar-refractivity contribution in [3.8, 4) is 5.75 Å². The average molecular weight is 511 g/mol. The number of aromatic nitrogens is 1. The Balaban J connectivity index is 2.29. The predicted molar refractivity (Wildman–Crippen MR) is 125 cm³/mol. The molecule has 1 N–H and O–H groups in total. The Hall–Kier alpha value is -2.55. The van der Waals surface area contributed by atoms with E-state index in [-0.39, 0.29) is 17.5 Å². The van der Waals surface area contributed by atoms with Gasteiger partial charge in [0.25, 0.3) is 0 Å². The Morgan fingerprint density at radius 1 is 1.06 bits per heavy atom. The van der Waals surface area contributed by atoms with Gasteiger partial charge in [-0.3, -0.25) is 4.79 Å². The van der Waals surface area contributed by atoms with Crippen molar-refractivity contribution >= 4 is 44.9 Å². The third-order valence-corrected chi connectivity index (χ3v) is 4.82. The van der Waals surface area contributed by atoms with Crippen LogP contribution in [-0.2, 0) is 27.7 Å². The number of carbonyl (C=O) groups is 3. The van der Waals surface area contributed by atoms with Crippen molar-refractivity contribution in [3.63, 3.8) is 0 Å². The van der Waals surface area contributed by atoms with E-state index >= 15 is 0 Å². The van der Waals surface area contributed by atoms with Gasteiger partial charge >= 0.3 is 12.2 Å². The zero-order valence-corrected chi connectivity index (χ0v) is 21.2. The van der Waals surface area contributed by atoms with Crippen LogP contribution in [0.4, 0.5) is 9.59 Å². The zero-order valence-electron chi connectivity index (χ0n) is 19.6. The van der Waals surface area contributed by atoms with Gasteiger partial charge in [0.2, 0.25) is 0 Å². The molecule has 2 rings (SSSR count). The predicted octanol–water partition coefficient (Wildman–Crippen LogP) is 4.89. The lowest BCUT2D eigenvalue weighted by molar-refractivity contribution is -0.118. The maximum atomic E-state index is 12.5.